The van der Waals surface area contributed by atoms with Gasteiger partial charge < -0.3 is 20.3 Å². The van der Waals surface area contributed by atoms with Crippen LogP contribution < -0.4 is 10.6 Å². The number of aliphatic hydroxyl groups is 1. The fourth-order valence-electron chi connectivity index (χ4n) is 3.57. The molecule has 1 unspecified atom stereocenters. The minimum Gasteiger partial charge on any atom is -0.480 e. The van der Waals surface area contributed by atoms with Crippen molar-refractivity contribution in [3.05, 3.63) is 70.7 Å². The number of carboxylic acids is 1. The molecule has 1 aliphatic carbocycles. The molecule has 32 heavy (non-hydrogen) atoms. The Labute approximate surface area is 186 Å². The summed E-state index contributed by atoms with van der Waals surface area (Å²) in [6.45, 7) is -0.620. The van der Waals surface area contributed by atoms with Gasteiger partial charge in [-0.1, -0.05) is 48.5 Å². The summed E-state index contributed by atoms with van der Waals surface area (Å²) in [5, 5.41) is 24.0. The molecule has 0 spiro atoms. The Balaban J connectivity index is 1.37. The molecule has 3 aromatic rings. The van der Waals surface area contributed by atoms with Crippen molar-refractivity contribution < 1.29 is 29.3 Å². The van der Waals surface area contributed by atoms with Crippen molar-refractivity contribution in [2.75, 3.05) is 18.5 Å². The highest BCUT2D eigenvalue weighted by atomic mass is 32.1. The minimum absolute atomic E-state index is 0.0800. The van der Waals surface area contributed by atoms with E-state index in [2.05, 4.69) is 15.6 Å². The first-order chi connectivity index (χ1) is 15.5. The summed E-state index contributed by atoms with van der Waals surface area (Å²) < 4.78 is 5.43. The van der Waals surface area contributed by atoms with Crippen LogP contribution in [-0.2, 0) is 9.53 Å². The number of thiazole rings is 1. The average molecular weight is 453 g/mol. The Hall–Kier alpha value is -3.76. The molecule has 2 aromatic carbocycles. The summed E-state index contributed by atoms with van der Waals surface area (Å²) in [7, 11) is 0. The fraction of sp³-hybridized carbons (Fsp3) is 0.182. The summed E-state index contributed by atoms with van der Waals surface area (Å²) in [6.07, 6.45) is -0.716. The van der Waals surface area contributed by atoms with E-state index < -0.39 is 30.6 Å². The maximum Gasteiger partial charge on any atom is 0.413 e. The third-order valence-electron chi connectivity index (χ3n) is 5.08. The van der Waals surface area contributed by atoms with Crippen molar-refractivity contribution in [2.24, 2.45) is 0 Å². The number of anilines is 1. The molecule has 1 aromatic heterocycles. The molecule has 0 saturated carbocycles. The van der Waals surface area contributed by atoms with E-state index in [9.17, 15) is 14.4 Å². The van der Waals surface area contributed by atoms with Gasteiger partial charge in [0.2, 0.25) is 0 Å². The summed E-state index contributed by atoms with van der Waals surface area (Å²) in [6, 6.07) is 14.5. The first-order valence-electron chi connectivity index (χ1n) is 9.70. The molecular weight excluding hydrogens is 434 g/mol. The molecule has 164 valence electrons. The number of aliphatic carboxylic acids is 1. The second-order valence-electron chi connectivity index (χ2n) is 7.04. The SMILES string of the molecule is O=C(Nc1nc(C(=O)NC(CO)C(=O)O)cs1)OCC1c2ccccc2-c2ccccc21. The Morgan fingerprint density at radius 3 is 2.28 bits per heavy atom. The van der Waals surface area contributed by atoms with Gasteiger partial charge in [-0.25, -0.2) is 14.6 Å². The van der Waals surface area contributed by atoms with Crippen LogP contribution in [0.3, 0.4) is 0 Å². The van der Waals surface area contributed by atoms with Crippen LogP contribution in [0.5, 0.6) is 0 Å². The summed E-state index contributed by atoms with van der Waals surface area (Å²) >= 11 is 0.991. The number of hydrogen-bond donors (Lipinski definition) is 4. The van der Waals surface area contributed by atoms with Crippen molar-refractivity contribution in [3.8, 4) is 11.1 Å². The molecule has 9 nitrogen and oxygen atoms in total. The number of fused-ring (bicyclic) bond motifs is 3. The van der Waals surface area contributed by atoms with E-state index in [0.717, 1.165) is 33.6 Å². The van der Waals surface area contributed by atoms with E-state index >= 15 is 0 Å². The number of nitrogens with zero attached hydrogens (tertiary/aromatic N) is 1. The first kappa shape index (κ1) is 21.5. The van der Waals surface area contributed by atoms with Crippen molar-refractivity contribution in [1.82, 2.24) is 10.3 Å². The van der Waals surface area contributed by atoms with E-state index in [1.807, 2.05) is 48.5 Å². The van der Waals surface area contributed by atoms with E-state index in [-0.39, 0.29) is 23.4 Å². The van der Waals surface area contributed by atoms with Crippen LogP contribution in [0.2, 0.25) is 0 Å². The highest BCUT2D eigenvalue weighted by Crippen LogP contribution is 2.44. The minimum atomic E-state index is -1.44. The van der Waals surface area contributed by atoms with Gasteiger partial charge in [0.25, 0.3) is 5.91 Å². The average Bonchev–Trinajstić information content (AvgIpc) is 3.38. The zero-order valence-electron chi connectivity index (χ0n) is 16.6. The molecule has 0 fully saturated rings. The molecule has 0 radical (unpaired) electrons. The van der Waals surface area contributed by atoms with E-state index in [0.29, 0.717) is 0 Å². The molecule has 1 heterocycles. The second kappa shape index (κ2) is 9.16. The van der Waals surface area contributed by atoms with Gasteiger partial charge >= 0.3 is 12.1 Å². The van der Waals surface area contributed by atoms with Gasteiger partial charge in [0, 0.05) is 11.3 Å². The van der Waals surface area contributed by atoms with Crippen LogP contribution in [0.25, 0.3) is 11.1 Å². The molecular formula is C22H19N3O6S. The van der Waals surface area contributed by atoms with Crippen LogP contribution in [0.4, 0.5) is 9.93 Å². The molecule has 4 rings (SSSR count). The number of benzene rings is 2. The molecule has 0 aliphatic heterocycles. The Morgan fingerprint density at radius 2 is 1.69 bits per heavy atom. The Kier molecular flexibility index (Phi) is 6.15. The zero-order valence-corrected chi connectivity index (χ0v) is 17.5. The number of carbonyl (C=O) groups excluding carboxylic acids is 2. The summed E-state index contributed by atoms with van der Waals surface area (Å²) in [5.74, 6) is -2.23. The topological polar surface area (TPSA) is 138 Å². The summed E-state index contributed by atoms with van der Waals surface area (Å²) in [4.78, 5) is 39.3. The quantitative estimate of drug-likeness (QED) is 0.431. The van der Waals surface area contributed by atoms with Crippen molar-refractivity contribution >= 4 is 34.4 Å². The van der Waals surface area contributed by atoms with Gasteiger partial charge in [0.15, 0.2) is 11.2 Å². The lowest BCUT2D eigenvalue weighted by atomic mass is 9.98. The van der Waals surface area contributed by atoms with Gasteiger partial charge in [-0.15, -0.1) is 11.3 Å². The van der Waals surface area contributed by atoms with Crippen molar-refractivity contribution in [2.45, 2.75) is 12.0 Å². The molecule has 1 aliphatic rings. The molecule has 0 saturated heterocycles. The van der Waals surface area contributed by atoms with E-state index in [4.69, 9.17) is 14.9 Å². The molecule has 1 atom stereocenters. The van der Waals surface area contributed by atoms with Crippen molar-refractivity contribution in [3.63, 3.8) is 0 Å². The lowest BCUT2D eigenvalue weighted by Crippen LogP contribution is -2.43. The molecule has 0 bridgehead atoms. The number of rotatable bonds is 7. The zero-order chi connectivity index (χ0) is 22.7. The van der Waals surface area contributed by atoms with Gasteiger partial charge in [-0.05, 0) is 22.3 Å². The lowest BCUT2D eigenvalue weighted by molar-refractivity contribution is -0.140. The monoisotopic (exact) mass is 453 g/mol. The highest BCUT2D eigenvalue weighted by molar-refractivity contribution is 7.14. The number of carboxylic acid groups (broad SMARTS) is 1. The first-order valence-corrected chi connectivity index (χ1v) is 10.6. The number of aliphatic hydroxyl groups excluding tert-OH is 1. The number of amides is 2. The standard InChI is InChI=1S/C22H19N3O6S/c26-9-17(20(28)29)23-19(27)18-11-32-21(24-18)25-22(30)31-10-16-14-7-3-1-5-12(14)13-6-2-4-8-15(13)16/h1-8,11,16-17,26H,9-10H2,(H,23,27)(H,28,29)(H,24,25,30). The molecule has 2 amide bonds. The highest BCUT2D eigenvalue weighted by Gasteiger charge is 2.29. The normalized spacial score (nSPS) is 13.0. The smallest absolute Gasteiger partial charge is 0.413 e. The number of aromatic nitrogens is 1. The third kappa shape index (κ3) is 4.32. The second-order valence-corrected chi connectivity index (χ2v) is 7.89. The van der Waals surface area contributed by atoms with Gasteiger partial charge in [-0.3, -0.25) is 10.1 Å². The maximum absolute atomic E-state index is 12.3. The largest absolute Gasteiger partial charge is 0.480 e. The predicted molar refractivity (Wildman–Crippen MR) is 117 cm³/mol. The fourth-order valence-corrected chi connectivity index (χ4v) is 4.25. The van der Waals surface area contributed by atoms with Crippen molar-refractivity contribution in [1.29, 1.82) is 0 Å². The van der Waals surface area contributed by atoms with Crippen LogP contribution >= 0.6 is 11.3 Å². The lowest BCUT2D eigenvalue weighted by Gasteiger charge is -2.14. The van der Waals surface area contributed by atoms with Gasteiger partial charge in [-0.2, -0.15) is 0 Å². The summed E-state index contributed by atoms with van der Waals surface area (Å²) in [5.41, 5.74) is 4.34. The number of hydrogen-bond acceptors (Lipinski definition) is 7. The Morgan fingerprint density at radius 1 is 1.06 bits per heavy atom. The molecule has 4 N–H and O–H groups in total. The van der Waals surface area contributed by atoms with Crippen LogP contribution in [-0.4, -0.2) is 52.4 Å². The number of carbonyl (C=O) groups is 3. The van der Waals surface area contributed by atoms with Gasteiger partial charge in [0.05, 0.1) is 6.61 Å². The maximum atomic E-state index is 12.3. The number of ether oxygens (including phenoxy) is 1. The molecule has 10 heteroatoms. The van der Waals surface area contributed by atoms with Crippen LogP contribution in [0, 0.1) is 0 Å². The number of nitrogens with one attached hydrogen (secondary N) is 2. The van der Waals surface area contributed by atoms with E-state index in [1.54, 1.807) is 0 Å². The predicted octanol–water partition coefficient (Wildman–Crippen LogP) is 2.68. The third-order valence-corrected chi connectivity index (χ3v) is 5.83. The Bertz CT molecular complexity index is 1130. The van der Waals surface area contributed by atoms with Crippen LogP contribution in [0.15, 0.2) is 53.9 Å². The van der Waals surface area contributed by atoms with Crippen LogP contribution in [0.1, 0.15) is 27.5 Å². The van der Waals surface area contributed by atoms with E-state index in [1.165, 1.54) is 5.38 Å². The van der Waals surface area contributed by atoms with Gasteiger partial charge in [0.1, 0.15) is 12.3 Å².